The van der Waals surface area contributed by atoms with E-state index in [0.717, 1.165) is 17.0 Å². The molecule has 0 spiro atoms. The minimum atomic E-state index is 0.178. The van der Waals surface area contributed by atoms with Crippen LogP contribution in [0.1, 0.15) is 29.9 Å². The summed E-state index contributed by atoms with van der Waals surface area (Å²) in [7, 11) is 1.71. The Kier molecular flexibility index (Phi) is 5.19. The van der Waals surface area contributed by atoms with Gasteiger partial charge in [0.2, 0.25) is 0 Å². The normalized spacial score (nSPS) is 12.6. The van der Waals surface area contributed by atoms with Gasteiger partial charge in [0, 0.05) is 13.7 Å². The van der Waals surface area contributed by atoms with Gasteiger partial charge in [-0.25, -0.2) is 0 Å². The van der Waals surface area contributed by atoms with Gasteiger partial charge in [0.05, 0.1) is 12.6 Å². The monoisotopic (exact) mass is 323 g/mol. The smallest absolute Gasteiger partial charge is 0.169 e. The highest BCUT2D eigenvalue weighted by Gasteiger charge is 2.09. The van der Waals surface area contributed by atoms with Crippen LogP contribution in [0.4, 0.5) is 0 Å². The molecule has 4 heteroatoms. The molecule has 0 bridgehead atoms. The molecular formula is C15H18BrNO2. The predicted octanol–water partition coefficient (Wildman–Crippen LogP) is 4.04. The Hall–Kier alpha value is -1.10. The van der Waals surface area contributed by atoms with E-state index in [1.807, 2.05) is 12.1 Å². The van der Waals surface area contributed by atoms with Crippen molar-refractivity contribution in [3.63, 3.8) is 0 Å². The summed E-state index contributed by atoms with van der Waals surface area (Å²) in [5, 5.41) is 3.44. The lowest BCUT2D eigenvalue weighted by Crippen LogP contribution is -2.17. The number of methoxy groups -OCH3 is 1. The van der Waals surface area contributed by atoms with Crippen molar-refractivity contribution in [2.45, 2.75) is 26.1 Å². The first-order chi connectivity index (χ1) is 9.19. The van der Waals surface area contributed by atoms with E-state index in [1.54, 1.807) is 7.11 Å². The van der Waals surface area contributed by atoms with E-state index in [4.69, 9.17) is 9.15 Å². The minimum absolute atomic E-state index is 0.178. The maximum atomic E-state index is 5.53. The number of rotatable bonds is 6. The molecule has 1 unspecified atom stereocenters. The van der Waals surface area contributed by atoms with Crippen molar-refractivity contribution in [1.82, 2.24) is 5.32 Å². The van der Waals surface area contributed by atoms with Crippen molar-refractivity contribution in [3.05, 3.63) is 58.0 Å². The number of hydrogen-bond donors (Lipinski definition) is 1. The number of furan rings is 1. The Labute approximate surface area is 122 Å². The van der Waals surface area contributed by atoms with Crippen LogP contribution in [-0.4, -0.2) is 7.11 Å². The van der Waals surface area contributed by atoms with Gasteiger partial charge in [-0.3, -0.25) is 0 Å². The molecule has 2 aromatic rings. The molecule has 1 atom stereocenters. The minimum Gasteiger partial charge on any atom is -0.453 e. The quantitative estimate of drug-likeness (QED) is 0.871. The second-order valence-electron chi connectivity index (χ2n) is 4.50. The summed E-state index contributed by atoms with van der Waals surface area (Å²) in [5.41, 5.74) is 2.43. The van der Waals surface area contributed by atoms with Crippen molar-refractivity contribution in [2.75, 3.05) is 7.11 Å². The van der Waals surface area contributed by atoms with Crippen LogP contribution >= 0.6 is 15.9 Å². The summed E-state index contributed by atoms with van der Waals surface area (Å²) in [6, 6.07) is 12.4. The molecule has 2 rings (SSSR count). The van der Waals surface area contributed by atoms with Gasteiger partial charge in [0.25, 0.3) is 0 Å². The first-order valence-electron chi connectivity index (χ1n) is 6.24. The van der Waals surface area contributed by atoms with Crippen molar-refractivity contribution in [2.24, 2.45) is 0 Å². The van der Waals surface area contributed by atoms with Gasteiger partial charge in [-0.2, -0.15) is 0 Å². The number of benzene rings is 1. The molecular weight excluding hydrogens is 306 g/mol. The van der Waals surface area contributed by atoms with E-state index in [9.17, 15) is 0 Å². The summed E-state index contributed by atoms with van der Waals surface area (Å²) in [5.74, 6) is 0.930. The highest BCUT2D eigenvalue weighted by molar-refractivity contribution is 9.10. The highest BCUT2D eigenvalue weighted by Crippen LogP contribution is 2.20. The van der Waals surface area contributed by atoms with Crippen molar-refractivity contribution in [1.29, 1.82) is 0 Å². The summed E-state index contributed by atoms with van der Waals surface area (Å²) >= 11 is 3.31. The lowest BCUT2D eigenvalue weighted by molar-refractivity contribution is 0.185. The maximum absolute atomic E-state index is 5.53. The fourth-order valence-corrected chi connectivity index (χ4v) is 2.25. The maximum Gasteiger partial charge on any atom is 0.169 e. The third-order valence-electron chi connectivity index (χ3n) is 2.94. The van der Waals surface area contributed by atoms with Gasteiger partial charge in [-0.05, 0) is 46.1 Å². The Bertz CT molecular complexity index is 524. The molecule has 0 amide bonds. The van der Waals surface area contributed by atoms with Gasteiger partial charge in [-0.1, -0.05) is 24.3 Å². The Morgan fingerprint density at radius 2 is 2.05 bits per heavy atom. The Morgan fingerprint density at radius 3 is 2.74 bits per heavy atom. The summed E-state index contributed by atoms with van der Waals surface area (Å²) in [4.78, 5) is 0. The van der Waals surface area contributed by atoms with E-state index >= 15 is 0 Å². The molecule has 0 aliphatic carbocycles. The molecule has 0 radical (unpaired) electrons. The number of ether oxygens (including phenoxy) is 1. The molecule has 0 saturated carbocycles. The van der Waals surface area contributed by atoms with E-state index in [-0.39, 0.29) is 6.04 Å². The van der Waals surface area contributed by atoms with Crippen molar-refractivity contribution >= 4 is 15.9 Å². The zero-order valence-corrected chi connectivity index (χ0v) is 12.7. The molecule has 0 aliphatic heterocycles. The zero-order chi connectivity index (χ0) is 13.7. The van der Waals surface area contributed by atoms with E-state index in [2.05, 4.69) is 52.4 Å². The van der Waals surface area contributed by atoms with Crippen LogP contribution in [0.3, 0.4) is 0 Å². The molecule has 102 valence electrons. The van der Waals surface area contributed by atoms with Crippen LogP contribution in [0.15, 0.2) is 45.5 Å². The third-order valence-corrected chi connectivity index (χ3v) is 3.36. The first-order valence-corrected chi connectivity index (χ1v) is 7.03. The number of nitrogens with one attached hydrogen (secondary N) is 1. The average Bonchev–Trinajstić information content (AvgIpc) is 2.84. The van der Waals surface area contributed by atoms with Crippen molar-refractivity contribution < 1.29 is 9.15 Å². The second-order valence-corrected chi connectivity index (χ2v) is 5.28. The molecule has 3 nitrogen and oxygen atoms in total. The van der Waals surface area contributed by atoms with E-state index in [1.165, 1.54) is 11.1 Å². The van der Waals surface area contributed by atoms with E-state index in [0.29, 0.717) is 6.61 Å². The third kappa shape index (κ3) is 4.20. The molecule has 0 saturated heterocycles. The largest absolute Gasteiger partial charge is 0.453 e. The molecule has 1 aromatic heterocycles. The van der Waals surface area contributed by atoms with Gasteiger partial charge in [0.1, 0.15) is 5.76 Å². The molecule has 1 N–H and O–H groups in total. The summed E-state index contributed by atoms with van der Waals surface area (Å²) < 4.78 is 11.4. The fourth-order valence-electron chi connectivity index (χ4n) is 1.93. The van der Waals surface area contributed by atoms with Crippen LogP contribution < -0.4 is 5.32 Å². The van der Waals surface area contributed by atoms with E-state index < -0.39 is 0 Å². The number of hydrogen-bond acceptors (Lipinski definition) is 3. The predicted molar refractivity (Wildman–Crippen MR) is 78.8 cm³/mol. The van der Waals surface area contributed by atoms with Crippen molar-refractivity contribution in [3.8, 4) is 0 Å². The summed E-state index contributed by atoms with van der Waals surface area (Å²) in [6.45, 7) is 3.54. The summed E-state index contributed by atoms with van der Waals surface area (Å²) in [6.07, 6.45) is 0. The average molecular weight is 324 g/mol. The first kappa shape index (κ1) is 14.3. The SMILES string of the molecule is COCc1cccc(CNC(C)c2ccc(Br)o2)c1. The van der Waals surface area contributed by atoms with Crippen LogP contribution in [0.25, 0.3) is 0 Å². The van der Waals surface area contributed by atoms with Gasteiger partial charge >= 0.3 is 0 Å². The molecule has 1 aromatic carbocycles. The van der Waals surface area contributed by atoms with Crippen LogP contribution in [0.2, 0.25) is 0 Å². The van der Waals surface area contributed by atoms with Gasteiger partial charge < -0.3 is 14.5 Å². The second kappa shape index (κ2) is 6.89. The molecule has 1 heterocycles. The lowest BCUT2D eigenvalue weighted by atomic mass is 10.1. The molecule has 19 heavy (non-hydrogen) atoms. The Morgan fingerprint density at radius 1 is 1.26 bits per heavy atom. The zero-order valence-electron chi connectivity index (χ0n) is 11.2. The Balaban J connectivity index is 1.93. The van der Waals surface area contributed by atoms with Crippen LogP contribution in [0, 0.1) is 0 Å². The van der Waals surface area contributed by atoms with Gasteiger partial charge in [0.15, 0.2) is 4.67 Å². The molecule has 0 aliphatic rings. The fraction of sp³-hybridized carbons (Fsp3) is 0.333. The lowest BCUT2D eigenvalue weighted by Gasteiger charge is -2.12. The molecule has 0 fully saturated rings. The topological polar surface area (TPSA) is 34.4 Å². The standard InChI is InChI=1S/C15H18BrNO2/c1-11(14-6-7-15(16)19-14)17-9-12-4-3-5-13(8-12)10-18-2/h3-8,11,17H,9-10H2,1-2H3. The number of halogens is 1. The highest BCUT2D eigenvalue weighted by atomic mass is 79.9. The van der Waals surface area contributed by atoms with Crippen LogP contribution in [0.5, 0.6) is 0 Å². The van der Waals surface area contributed by atoms with Gasteiger partial charge in [-0.15, -0.1) is 0 Å². The van der Waals surface area contributed by atoms with Crippen LogP contribution in [-0.2, 0) is 17.9 Å².